The Morgan fingerprint density at radius 3 is 1.73 bits per heavy atom. The molecule has 0 aliphatic carbocycles. The van der Waals surface area contributed by atoms with E-state index in [4.69, 9.17) is 14.1 Å². The predicted octanol–water partition coefficient (Wildman–Crippen LogP) is 7.19. The monoisotopic (exact) mass is 541 g/mol. The second-order valence-corrected chi connectivity index (χ2v) is 11.0. The summed E-state index contributed by atoms with van der Waals surface area (Å²) < 4.78 is 19.0. The largest absolute Gasteiger partial charge is 0.450 e. The fraction of sp³-hybridized carbons (Fsp3) is 0.176. The van der Waals surface area contributed by atoms with Gasteiger partial charge in [0.2, 0.25) is 0 Å². The average molecular weight is 541 g/mol. The van der Waals surface area contributed by atoms with Crippen LogP contribution >= 0.6 is 0 Å². The number of fused-ring (bicyclic) bond motifs is 2. The molecule has 0 atom stereocenters. The van der Waals surface area contributed by atoms with Crippen LogP contribution < -0.4 is 14.9 Å². The van der Waals surface area contributed by atoms with E-state index in [0.717, 1.165) is 33.6 Å². The van der Waals surface area contributed by atoms with Gasteiger partial charge in [-0.2, -0.15) is 0 Å². The maximum absolute atomic E-state index is 10.6. The third-order valence-electron chi connectivity index (χ3n) is 7.54. The molecular weight excluding hydrogens is 511 g/mol. The van der Waals surface area contributed by atoms with E-state index in [-0.39, 0.29) is 0 Å². The molecule has 1 aliphatic rings. The van der Waals surface area contributed by atoms with E-state index >= 15 is 0 Å². The van der Waals surface area contributed by atoms with Gasteiger partial charge in [0.1, 0.15) is 0 Å². The topological polar surface area (TPSA) is 73.7 Å². The first-order chi connectivity index (χ1) is 19.7. The molecule has 1 N–H and O–H groups in total. The molecule has 0 saturated carbocycles. The molecule has 203 valence electrons. The van der Waals surface area contributed by atoms with Crippen molar-refractivity contribution >= 4 is 12.9 Å². The van der Waals surface area contributed by atoms with Gasteiger partial charge in [0.15, 0.2) is 23.0 Å². The van der Waals surface area contributed by atoms with E-state index in [2.05, 4.69) is 28.2 Å². The molecule has 41 heavy (non-hydrogen) atoms. The van der Waals surface area contributed by atoms with E-state index in [9.17, 15) is 5.11 Å². The number of hydrogen-bond acceptors (Lipinski definition) is 6. The molecule has 0 unspecified atom stereocenters. The van der Waals surface area contributed by atoms with Gasteiger partial charge in [-0.1, -0.05) is 36.4 Å². The smallest absolute Gasteiger partial charge is 0.334 e. The number of hydrogen-bond donors (Lipinski definition) is 1. The summed E-state index contributed by atoms with van der Waals surface area (Å²) in [7, 11) is 1.63. The molecule has 0 fully saturated rings. The Kier molecular flexibility index (Phi) is 6.85. The lowest BCUT2D eigenvalue weighted by Gasteiger charge is -2.37. The molecule has 5 aromatic rings. The summed E-state index contributed by atoms with van der Waals surface area (Å²) >= 11 is 0. The highest BCUT2D eigenvalue weighted by molar-refractivity contribution is 6.49. The zero-order valence-corrected chi connectivity index (χ0v) is 23.5. The molecule has 0 saturated heterocycles. The van der Waals surface area contributed by atoms with Gasteiger partial charge >= 0.3 is 7.48 Å². The number of rotatable bonds is 7. The minimum Gasteiger partial charge on any atom is -0.450 e. The predicted molar refractivity (Wildman–Crippen MR) is 162 cm³/mol. The summed E-state index contributed by atoms with van der Waals surface area (Å²) in [5.74, 6) is 2.36. The molecule has 0 bridgehead atoms. The van der Waals surface area contributed by atoms with Crippen molar-refractivity contribution in [1.29, 1.82) is 0 Å². The van der Waals surface area contributed by atoms with E-state index in [0.29, 0.717) is 28.5 Å². The highest BCUT2D eigenvalue weighted by Crippen LogP contribution is 2.49. The Hall–Kier alpha value is -4.46. The van der Waals surface area contributed by atoms with Crippen LogP contribution in [0.4, 0.5) is 0 Å². The number of para-hydroxylation sites is 2. The molecule has 3 heterocycles. The highest BCUT2D eigenvalue weighted by Gasteiger charge is 2.36. The number of pyridine rings is 2. The summed E-state index contributed by atoms with van der Waals surface area (Å²) in [5.41, 5.74) is 4.19. The van der Waals surface area contributed by atoms with Gasteiger partial charge in [-0.05, 0) is 93.3 Å². The van der Waals surface area contributed by atoms with Crippen LogP contribution in [0, 0.1) is 0 Å². The second-order valence-electron chi connectivity index (χ2n) is 11.0. The van der Waals surface area contributed by atoms with Crippen molar-refractivity contribution in [1.82, 2.24) is 9.97 Å². The first-order valence-electron chi connectivity index (χ1n) is 13.5. The van der Waals surface area contributed by atoms with Gasteiger partial charge in [-0.25, -0.2) is 0 Å². The van der Waals surface area contributed by atoms with Gasteiger partial charge in [0.05, 0.1) is 22.6 Å². The number of ether oxygens (including phenoxy) is 2. The van der Waals surface area contributed by atoms with Gasteiger partial charge < -0.3 is 19.2 Å². The molecule has 3 aromatic carbocycles. The van der Waals surface area contributed by atoms with Crippen molar-refractivity contribution in [2.75, 3.05) is 0 Å². The maximum atomic E-state index is 10.6. The zero-order valence-electron chi connectivity index (χ0n) is 23.5. The molecular formula is C34H30BN2O4. The molecule has 6 rings (SSSR count). The van der Waals surface area contributed by atoms with Crippen molar-refractivity contribution in [3.05, 3.63) is 103 Å². The Labute approximate surface area is 240 Å². The van der Waals surface area contributed by atoms with E-state index in [1.807, 2.05) is 86.6 Å². The summed E-state index contributed by atoms with van der Waals surface area (Å²) in [4.78, 5) is 9.20. The summed E-state index contributed by atoms with van der Waals surface area (Å²) in [6.45, 7) is 7.14. The minimum atomic E-state index is -1.07. The average Bonchev–Trinajstić information content (AvgIpc) is 2.99. The van der Waals surface area contributed by atoms with Crippen molar-refractivity contribution < 1.29 is 19.2 Å². The molecule has 0 spiro atoms. The van der Waals surface area contributed by atoms with Crippen molar-refractivity contribution in [3.8, 4) is 56.6 Å². The highest BCUT2D eigenvalue weighted by atomic mass is 16.6. The lowest BCUT2D eigenvalue weighted by atomic mass is 9.81. The van der Waals surface area contributed by atoms with Crippen LogP contribution in [0.1, 0.15) is 27.7 Å². The lowest BCUT2D eigenvalue weighted by Crippen LogP contribution is -2.49. The Morgan fingerprint density at radius 1 is 0.659 bits per heavy atom. The SMILES string of the molecule is CC(C)(O)C(C)(C)O[B]c1ccc(-c2cc(-c3ccccn3)cc(-c3ccccn3)c2)c2c1Oc1ccccc1O2. The Morgan fingerprint density at radius 2 is 1.20 bits per heavy atom. The number of nitrogens with zero attached hydrogens (tertiary/aromatic N) is 2. The molecule has 0 amide bonds. The summed E-state index contributed by atoms with van der Waals surface area (Å²) in [6.07, 6.45) is 3.58. The second kappa shape index (κ2) is 10.5. The summed E-state index contributed by atoms with van der Waals surface area (Å²) in [6, 6.07) is 29.6. The van der Waals surface area contributed by atoms with Crippen molar-refractivity contribution in [3.63, 3.8) is 0 Å². The third kappa shape index (κ3) is 5.34. The van der Waals surface area contributed by atoms with E-state index < -0.39 is 11.2 Å². The minimum absolute atomic E-state index is 0.537. The van der Waals surface area contributed by atoms with Crippen molar-refractivity contribution in [2.24, 2.45) is 0 Å². The summed E-state index contributed by atoms with van der Waals surface area (Å²) in [5, 5.41) is 10.6. The molecule has 2 aromatic heterocycles. The van der Waals surface area contributed by atoms with E-state index in [1.165, 1.54) is 0 Å². The van der Waals surface area contributed by atoms with Crippen molar-refractivity contribution in [2.45, 2.75) is 38.9 Å². The lowest BCUT2D eigenvalue weighted by molar-refractivity contribution is -0.0893. The van der Waals surface area contributed by atoms with Crippen LogP contribution in [0.25, 0.3) is 33.6 Å². The van der Waals surface area contributed by atoms with Gasteiger partial charge in [-0.15, -0.1) is 0 Å². The van der Waals surface area contributed by atoms with Gasteiger partial charge in [0, 0.05) is 29.1 Å². The number of benzene rings is 3. The first kappa shape index (κ1) is 26.8. The molecule has 7 heteroatoms. The molecule has 1 radical (unpaired) electrons. The number of aromatic nitrogens is 2. The zero-order chi connectivity index (χ0) is 28.6. The molecule has 6 nitrogen and oxygen atoms in total. The van der Waals surface area contributed by atoms with Crippen LogP contribution in [0.5, 0.6) is 23.0 Å². The van der Waals surface area contributed by atoms with Crippen LogP contribution in [-0.2, 0) is 4.65 Å². The van der Waals surface area contributed by atoms with Crippen LogP contribution in [0.15, 0.2) is 103 Å². The normalized spacial score (nSPS) is 12.5. The quantitative estimate of drug-likeness (QED) is 0.216. The third-order valence-corrected chi connectivity index (χ3v) is 7.54. The maximum Gasteiger partial charge on any atom is 0.334 e. The van der Waals surface area contributed by atoms with Crippen LogP contribution in [-0.4, -0.2) is 33.8 Å². The number of aliphatic hydroxyl groups is 1. The van der Waals surface area contributed by atoms with Gasteiger partial charge in [0.25, 0.3) is 0 Å². The van der Waals surface area contributed by atoms with E-state index in [1.54, 1.807) is 33.7 Å². The van der Waals surface area contributed by atoms with Crippen LogP contribution in [0.2, 0.25) is 0 Å². The fourth-order valence-corrected chi connectivity index (χ4v) is 4.44. The van der Waals surface area contributed by atoms with Crippen LogP contribution in [0.3, 0.4) is 0 Å². The first-order valence-corrected chi connectivity index (χ1v) is 13.5. The fourth-order valence-electron chi connectivity index (χ4n) is 4.44. The molecule has 1 aliphatic heterocycles. The standard InChI is InChI=1S/C34H30BN2O4/c1-33(2,38)34(3,4)41-35-26-16-15-25(31-32(26)40-30-14-6-5-13-29(30)39-31)22-19-23(27-11-7-9-17-36-27)21-24(20-22)28-12-8-10-18-37-28/h5-21,38H,1-4H3. The van der Waals surface area contributed by atoms with Gasteiger partial charge in [-0.3, -0.25) is 9.97 Å². The Balaban J connectivity index is 1.50. The Bertz CT molecular complexity index is 1640.